The molecule has 1 amide bonds. The molecule has 3 N–H and O–H groups in total. The van der Waals surface area contributed by atoms with Crippen LogP contribution in [-0.4, -0.2) is 5.91 Å². The molecule has 6 nitrogen and oxygen atoms in total. The maximum absolute atomic E-state index is 11.8. The number of nitrogen functional groups attached to an aromatic ring is 1. The van der Waals surface area contributed by atoms with Gasteiger partial charge in [0.1, 0.15) is 23.5 Å². The molecule has 23 heavy (non-hydrogen) atoms. The number of fused-ring (bicyclic) bond motifs is 1. The summed E-state index contributed by atoms with van der Waals surface area (Å²) >= 11 is 0. The number of carbonyl (C=O) groups excluding carboxylic acids is 1. The molecule has 0 atom stereocenters. The maximum atomic E-state index is 11.8. The highest BCUT2D eigenvalue weighted by atomic mass is 16.5. The van der Waals surface area contributed by atoms with Gasteiger partial charge in [0, 0.05) is 11.5 Å². The van der Waals surface area contributed by atoms with E-state index in [9.17, 15) is 9.59 Å². The molecule has 1 aromatic heterocycles. The van der Waals surface area contributed by atoms with Crippen molar-refractivity contribution in [1.29, 1.82) is 0 Å². The number of ether oxygens (including phenoxy) is 1. The molecule has 0 bridgehead atoms. The van der Waals surface area contributed by atoms with Crippen LogP contribution in [0.5, 0.6) is 5.75 Å². The van der Waals surface area contributed by atoms with Crippen molar-refractivity contribution in [3.8, 4) is 5.75 Å². The topological polar surface area (TPSA) is 94.6 Å². The lowest BCUT2D eigenvalue weighted by Gasteiger charge is -2.07. The standard InChI is InChI=1S/C17H14N2O4/c18-19-16(20)14-8-12-6-7-13(9-15(12)23-17(14)21)22-10-11-4-2-1-3-5-11/h1-9H,10,18H2,(H,19,20). The van der Waals surface area contributed by atoms with Crippen LogP contribution in [0, 0.1) is 0 Å². The predicted molar refractivity (Wildman–Crippen MR) is 84.9 cm³/mol. The van der Waals surface area contributed by atoms with E-state index in [0.717, 1.165) is 5.56 Å². The smallest absolute Gasteiger partial charge is 0.349 e. The van der Waals surface area contributed by atoms with Gasteiger partial charge in [-0.1, -0.05) is 30.3 Å². The first kappa shape index (κ1) is 14.8. The number of nitrogens with one attached hydrogen (secondary N) is 1. The Morgan fingerprint density at radius 2 is 1.91 bits per heavy atom. The molecule has 0 aliphatic carbocycles. The molecule has 0 saturated carbocycles. The highest BCUT2D eigenvalue weighted by Gasteiger charge is 2.12. The fourth-order valence-electron chi connectivity index (χ4n) is 2.16. The van der Waals surface area contributed by atoms with Crippen molar-refractivity contribution < 1.29 is 13.9 Å². The zero-order chi connectivity index (χ0) is 16.2. The molecule has 3 rings (SSSR count). The second kappa shape index (κ2) is 6.33. The van der Waals surface area contributed by atoms with Gasteiger partial charge >= 0.3 is 5.63 Å². The van der Waals surface area contributed by atoms with Gasteiger partial charge in [0.25, 0.3) is 5.91 Å². The Morgan fingerprint density at radius 3 is 2.65 bits per heavy atom. The molecular formula is C17H14N2O4. The van der Waals surface area contributed by atoms with Gasteiger partial charge in [0.15, 0.2) is 0 Å². The second-order valence-corrected chi connectivity index (χ2v) is 4.89. The van der Waals surface area contributed by atoms with Gasteiger partial charge in [0.05, 0.1) is 0 Å². The van der Waals surface area contributed by atoms with Crippen molar-refractivity contribution >= 4 is 16.9 Å². The highest BCUT2D eigenvalue weighted by Crippen LogP contribution is 2.21. The number of hydrogen-bond donors (Lipinski definition) is 2. The molecule has 116 valence electrons. The van der Waals surface area contributed by atoms with E-state index in [2.05, 4.69) is 0 Å². The zero-order valence-electron chi connectivity index (χ0n) is 12.1. The molecule has 0 aliphatic rings. The molecule has 3 aromatic rings. The van der Waals surface area contributed by atoms with Crippen LogP contribution >= 0.6 is 0 Å². The summed E-state index contributed by atoms with van der Waals surface area (Å²) in [6.45, 7) is 0.407. The lowest BCUT2D eigenvalue weighted by molar-refractivity contribution is 0.0950. The predicted octanol–water partition coefficient (Wildman–Crippen LogP) is 1.98. The summed E-state index contributed by atoms with van der Waals surface area (Å²) in [5, 5.41) is 0.607. The van der Waals surface area contributed by atoms with Crippen molar-refractivity contribution in [3.05, 3.63) is 76.1 Å². The second-order valence-electron chi connectivity index (χ2n) is 4.89. The van der Waals surface area contributed by atoms with Gasteiger partial charge in [0.2, 0.25) is 0 Å². The summed E-state index contributed by atoms with van der Waals surface area (Å²) in [7, 11) is 0. The van der Waals surface area contributed by atoms with Crippen LogP contribution in [0.3, 0.4) is 0 Å². The molecule has 2 aromatic carbocycles. The van der Waals surface area contributed by atoms with Crippen LogP contribution in [0.15, 0.2) is 63.8 Å². The van der Waals surface area contributed by atoms with Gasteiger partial charge in [-0.2, -0.15) is 0 Å². The molecule has 0 spiro atoms. The summed E-state index contributed by atoms with van der Waals surface area (Å²) in [6.07, 6.45) is 0. The summed E-state index contributed by atoms with van der Waals surface area (Å²) in [5.41, 5.74) is 2.40. The molecule has 1 heterocycles. The van der Waals surface area contributed by atoms with E-state index in [1.54, 1.807) is 18.2 Å². The largest absolute Gasteiger partial charge is 0.489 e. The number of hydrazine groups is 1. The van der Waals surface area contributed by atoms with Gasteiger partial charge in [-0.3, -0.25) is 10.2 Å². The third-order valence-corrected chi connectivity index (χ3v) is 3.33. The summed E-state index contributed by atoms with van der Waals surface area (Å²) < 4.78 is 10.8. The third kappa shape index (κ3) is 3.22. The van der Waals surface area contributed by atoms with Crippen LogP contribution in [0.25, 0.3) is 11.0 Å². The molecule has 0 unspecified atom stereocenters. The number of rotatable bonds is 4. The number of hydrogen-bond acceptors (Lipinski definition) is 5. The van der Waals surface area contributed by atoms with Gasteiger partial charge in [-0.25, -0.2) is 10.6 Å². The van der Waals surface area contributed by atoms with Crippen molar-refractivity contribution in [2.75, 3.05) is 0 Å². The molecule has 0 aliphatic heterocycles. The Kier molecular flexibility index (Phi) is 4.07. The minimum Gasteiger partial charge on any atom is -0.489 e. The van der Waals surface area contributed by atoms with E-state index < -0.39 is 11.5 Å². The lowest BCUT2D eigenvalue weighted by Crippen LogP contribution is -2.33. The average molecular weight is 310 g/mol. The zero-order valence-corrected chi connectivity index (χ0v) is 12.1. The van der Waals surface area contributed by atoms with Crippen molar-refractivity contribution in [2.24, 2.45) is 5.84 Å². The average Bonchev–Trinajstić information content (AvgIpc) is 2.59. The van der Waals surface area contributed by atoms with Crippen LogP contribution < -0.4 is 21.6 Å². The summed E-state index contributed by atoms with van der Waals surface area (Å²) in [5.74, 6) is 4.92. The molecule has 6 heteroatoms. The van der Waals surface area contributed by atoms with E-state index >= 15 is 0 Å². The number of nitrogens with two attached hydrogens (primary N) is 1. The first-order valence-corrected chi connectivity index (χ1v) is 6.93. The van der Waals surface area contributed by atoms with Crippen LogP contribution in [-0.2, 0) is 6.61 Å². The van der Waals surface area contributed by atoms with Crippen molar-refractivity contribution in [1.82, 2.24) is 5.43 Å². The Labute approximate surface area is 131 Å². The normalized spacial score (nSPS) is 10.5. The van der Waals surface area contributed by atoms with Crippen molar-refractivity contribution in [2.45, 2.75) is 6.61 Å². The Bertz CT molecular complexity index is 903. The monoisotopic (exact) mass is 310 g/mol. The minimum atomic E-state index is -0.749. The number of benzene rings is 2. The van der Waals surface area contributed by atoms with Gasteiger partial charge in [-0.15, -0.1) is 0 Å². The summed E-state index contributed by atoms with van der Waals surface area (Å²) in [6, 6.07) is 16.2. The van der Waals surface area contributed by atoms with E-state index in [-0.39, 0.29) is 5.56 Å². The molecular weight excluding hydrogens is 296 g/mol. The highest BCUT2D eigenvalue weighted by molar-refractivity contribution is 5.96. The fourth-order valence-corrected chi connectivity index (χ4v) is 2.16. The quantitative estimate of drug-likeness (QED) is 0.332. The van der Waals surface area contributed by atoms with E-state index in [1.807, 2.05) is 35.8 Å². The molecule has 0 radical (unpaired) electrons. The minimum absolute atomic E-state index is 0.141. The SMILES string of the molecule is NNC(=O)c1cc2ccc(OCc3ccccc3)cc2oc1=O. The van der Waals surface area contributed by atoms with Crippen molar-refractivity contribution in [3.63, 3.8) is 0 Å². The fraction of sp³-hybridized carbons (Fsp3) is 0.0588. The maximum Gasteiger partial charge on any atom is 0.349 e. The molecule has 0 saturated heterocycles. The Balaban J connectivity index is 1.87. The van der Waals surface area contributed by atoms with Gasteiger partial charge < -0.3 is 9.15 Å². The van der Waals surface area contributed by atoms with Crippen LogP contribution in [0.2, 0.25) is 0 Å². The third-order valence-electron chi connectivity index (χ3n) is 3.33. The lowest BCUT2D eigenvalue weighted by atomic mass is 10.1. The number of carbonyl (C=O) groups is 1. The first-order chi connectivity index (χ1) is 11.2. The van der Waals surface area contributed by atoms with E-state index in [4.69, 9.17) is 15.0 Å². The van der Waals surface area contributed by atoms with E-state index in [1.165, 1.54) is 6.07 Å². The Morgan fingerprint density at radius 1 is 1.13 bits per heavy atom. The van der Waals surface area contributed by atoms with Crippen LogP contribution in [0.4, 0.5) is 0 Å². The summed E-state index contributed by atoms with van der Waals surface area (Å²) in [4.78, 5) is 23.3. The molecule has 0 fully saturated rings. The first-order valence-electron chi connectivity index (χ1n) is 6.93. The Hall–Kier alpha value is -3.12. The van der Waals surface area contributed by atoms with Gasteiger partial charge in [-0.05, 0) is 23.8 Å². The number of amides is 1. The van der Waals surface area contributed by atoms with E-state index in [0.29, 0.717) is 23.3 Å². The van der Waals surface area contributed by atoms with Crippen LogP contribution in [0.1, 0.15) is 15.9 Å².